The van der Waals surface area contributed by atoms with E-state index >= 15 is 0 Å². The van der Waals surface area contributed by atoms with Gasteiger partial charge >= 0.3 is 39.5 Å². The van der Waals surface area contributed by atoms with E-state index in [-0.39, 0.29) is 25.7 Å². The van der Waals surface area contributed by atoms with Crippen LogP contribution >= 0.6 is 15.6 Å². The number of hydrogen-bond donors (Lipinski definition) is 3. The van der Waals surface area contributed by atoms with E-state index in [0.717, 1.165) is 102 Å². The zero-order chi connectivity index (χ0) is 74.8. The number of aliphatic hydroxyl groups is 1. The third-order valence-electron chi connectivity index (χ3n) is 19.5. The smallest absolute Gasteiger partial charge is 0.462 e. The average molecular weight is 1490 g/mol. The van der Waals surface area contributed by atoms with Crippen molar-refractivity contribution in [1.82, 2.24) is 0 Å². The van der Waals surface area contributed by atoms with Gasteiger partial charge in [-0.2, -0.15) is 0 Å². The predicted molar refractivity (Wildman–Crippen MR) is 418 cm³/mol. The maximum absolute atomic E-state index is 13.1. The Labute approximate surface area is 626 Å². The number of phosphoric acid groups is 2. The van der Waals surface area contributed by atoms with Crippen molar-refractivity contribution in [2.45, 2.75) is 464 Å². The zero-order valence-electron chi connectivity index (χ0n) is 66.8. The molecule has 0 saturated heterocycles. The highest BCUT2D eigenvalue weighted by molar-refractivity contribution is 7.47. The summed E-state index contributed by atoms with van der Waals surface area (Å²) in [5.41, 5.74) is 0. The summed E-state index contributed by atoms with van der Waals surface area (Å²) in [4.78, 5) is 73.0. The Kier molecular flexibility index (Phi) is 74.4. The molecule has 0 fully saturated rings. The third kappa shape index (κ3) is 76.3. The van der Waals surface area contributed by atoms with E-state index in [0.29, 0.717) is 25.7 Å². The first-order valence-corrected chi connectivity index (χ1v) is 46.1. The quantitative estimate of drug-likeness (QED) is 0.0222. The first kappa shape index (κ1) is 100. The van der Waals surface area contributed by atoms with Gasteiger partial charge in [0, 0.05) is 25.7 Å². The number of carbonyl (C=O) groups is 4. The van der Waals surface area contributed by atoms with Crippen molar-refractivity contribution in [1.29, 1.82) is 0 Å². The normalized spacial score (nSPS) is 13.8. The van der Waals surface area contributed by atoms with E-state index in [1.807, 2.05) is 0 Å². The van der Waals surface area contributed by atoms with Crippen molar-refractivity contribution in [3.05, 3.63) is 0 Å². The topological polar surface area (TPSA) is 237 Å². The van der Waals surface area contributed by atoms with Crippen LogP contribution in [0.25, 0.3) is 0 Å². The van der Waals surface area contributed by atoms with Gasteiger partial charge in [0.2, 0.25) is 0 Å². The highest BCUT2D eigenvalue weighted by Crippen LogP contribution is 2.45. The molecule has 0 saturated carbocycles. The summed E-state index contributed by atoms with van der Waals surface area (Å²) in [6.45, 7) is 7.31. The Bertz CT molecular complexity index is 1940. The molecular formula is C83H162O17P2. The number of phosphoric ester groups is 2. The highest BCUT2D eigenvalue weighted by atomic mass is 31.2. The molecule has 3 N–H and O–H groups in total. The molecule has 0 aliphatic rings. The minimum atomic E-state index is -4.96. The van der Waals surface area contributed by atoms with E-state index in [4.69, 9.17) is 37.0 Å². The molecule has 0 aliphatic heterocycles. The Morgan fingerprint density at radius 2 is 0.451 bits per heavy atom. The molecule has 606 valence electrons. The number of aliphatic hydroxyl groups excluding tert-OH is 1. The average Bonchev–Trinajstić information content (AvgIpc) is 0.914. The summed E-state index contributed by atoms with van der Waals surface area (Å²) in [5, 5.41) is 10.6. The number of carbonyl (C=O) groups excluding carboxylic acids is 4. The van der Waals surface area contributed by atoms with Crippen LogP contribution < -0.4 is 0 Å². The molecule has 0 amide bonds. The van der Waals surface area contributed by atoms with Crippen LogP contribution in [0, 0.1) is 5.92 Å². The van der Waals surface area contributed by atoms with Crippen LogP contribution in [0.2, 0.25) is 0 Å². The van der Waals surface area contributed by atoms with Gasteiger partial charge in [-0.25, -0.2) is 9.13 Å². The fourth-order valence-corrected chi connectivity index (χ4v) is 14.5. The maximum Gasteiger partial charge on any atom is 0.472 e. The Morgan fingerprint density at radius 3 is 0.667 bits per heavy atom. The molecule has 0 aromatic rings. The molecule has 0 heterocycles. The van der Waals surface area contributed by atoms with Crippen molar-refractivity contribution in [2.75, 3.05) is 39.6 Å². The van der Waals surface area contributed by atoms with Gasteiger partial charge in [-0.15, -0.1) is 0 Å². The molecular weight excluding hydrogens is 1330 g/mol. The maximum atomic E-state index is 13.1. The number of unbranched alkanes of at least 4 members (excludes halogenated alkanes) is 55. The van der Waals surface area contributed by atoms with Gasteiger partial charge in [0.1, 0.15) is 19.3 Å². The SMILES string of the molecule is CCCCCCCCCCCCCCCCCCCCCCCCC(=O)O[C@H](COC(=O)CCCCCCCCCCCCCCCCCCCC)COP(=O)(O)OC[C@@H](O)COP(=O)(O)OC[C@@H](COC(=O)CCCCCCCCCC)OC(=O)CCCCCCCCCCCCCC(C)C. The van der Waals surface area contributed by atoms with Crippen LogP contribution in [0.5, 0.6) is 0 Å². The lowest BCUT2D eigenvalue weighted by molar-refractivity contribution is -0.161. The van der Waals surface area contributed by atoms with Crippen LogP contribution in [0.3, 0.4) is 0 Å². The number of esters is 4. The van der Waals surface area contributed by atoms with Crippen LogP contribution in [0.15, 0.2) is 0 Å². The first-order valence-electron chi connectivity index (χ1n) is 43.1. The second-order valence-electron chi connectivity index (χ2n) is 30.3. The second-order valence-corrected chi connectivity index (χ2v) is 33.3. The Hall–Kier alpha value is -1.94. The predicted octanol–water partition coefficient (Wildman–Crippen LogP) is 25.2. The molecule has 5 atom stereocenters. The van der Waals surface area contributed by atoms with Crippen molar-refractivity contribution >= 4 is 39.5 Å². The Morgan fingerprint density at radius 1 is 0.265 bits per heavy atom. The molecule has 0 radical (unpaired) electrons. The minimum Gasteiger partial charge on any atom is -0.462 e. The molecule has 102 heavy (non-hydrogen) atoms. The van der Waals surface area contributed by atoms with E-state index < -0.39 is 97.5 Å². The summed E-state index contributed by atoms with van der Waals surface area (Å²) < 4.78 is 68.7. The highest BCUT2D eigenvalue weighted by Gasteiger charge is 2.30. The van der Waals surface area contributed by atoms with Crippen LogP contribution in [-0.2, 0) is 65.4 Å². The molecule has 0 rings (SSSR count). The second kappa shape index (κ2) is 75.9. The van der Waals surface area contributed by atoms with Crippen LogP contribution in [0.4, 0.5) is 0 Å². The van der Waals surface area contributed by atoms with Crippen LogP contribution in [-0.4, -0.2) is 96.7 Å². The lowest BCUT2D eigenvalue weighted by Gasteiger charge is -2.21. The monoisotopic (exact) mass is 1490 g/mol. The molecule has 0 spiro atoms. The van der Waals surface area contributed by atoms with Crippen molar-refractivity contribution < 1.29 is 80.2 Å². The minimum absolute atomic E-state index is 0.107. The van der Waals surface area contributed by atoms with E-state index in [1.165, 1.54) is 263 Å². The van der Waals surface area contributed by atoms with Gasteiger partial charge < -0.3 is 33.8 Å². The molecule has 0 aromatic carbocycles. The zero-order valence-corrected chi connectivity index (χ0v) is 68.5. The summed E-state index contributed by atoms with van der Waals surface area (Å²) in [6.07, 6.45) is 68.2. The van der Waals surface area contributed by atoms with Gasteiger partial charge in [-0.3, -0.25) is 37.3 Å². The fourth-order valence-electron chi connectivity index (χ4n) is 12.9. The molecule has 0 aliphatic carbocycles. The third-order valence-corrected chi connectivity index (χ3v) is 21.4. The largest absolute Gasteiger partial charge is 0.472 e. The fraction of sp³-hybridized carbons (Fsp3) is 0.952. The summed E-state index contributed by atoms with van der Waals surface area (Å²) in [7, 11) is -9.92. The summed E-state index contributed by atoms with van der Waals surface area (Å²) in [5.74, 6) is -1.34. The first-order chi connectivity index (χ1) is 49.5. The molecule has 17 nitrogen and oxygen atoms in total. The lowest BCUT2D eigenvalue weighted by Crippen LogP contribution is -2.30. The van der Waals surface area contributed by atoms with Crippen molar-refractivity contribution in [3.8, 4) is 0 Å². The van der Waals surface area contributed by atoms with Crippen molar-refractivity contribution in [3.63, 3.8) is 0 Å². The van der Waals surface area contributed by atoms with Gasteiger partial charge in [0.15, 0.2) is 12.2 Å². The van der Waals surface area contributed by atoms with Crippen LogP contribution in [0.1, 0.15) is 446 Å². The number of ether oxygens (including phenoxy) is 4. The number of hydrogen-bond acceptors (Lipinski definition) is 15. The van der Waals surface area contributed by atoms with Gasteiger partial charge in [0.05, 0.1) is 26.4 Å². The molecule has 0 aromatic heterocycles. The van der Waals surface area contributed by atoms with E-state index in [2.05, 4.69) is 34.6 Å². The molecule has 19 heteroatoms. The summed E-state index contributed by atoms with van der Waals surface area (Å²) in [6, 6.07) is 0. The van der Waals surface area contributed by atoms with E-state index in [9.17, 15) is 43.2 Å². The van der Waals surface area contributed by atoms with E-state index in [1.54, 1.807) is 0 Å². The number of rotatable bonds is 83. The standard InChI is InChI=1S/C83H162O17P2/c1-6-9-12-15-18-21-23-25-27-29-31-32-33-34-36-38-40-44-48-53-58-63-68-82(87)100-79(73-94-81(86)67-62-57-52-47-43-39-37-35-30-28-26-24-22-19-16-13-10-7-2)75-98-102(91,92)96-71-77(84)70-95-101(89,90)97-74-78(72-93-80(85)66-61-56-51-20-17-14-11-8-3)99-83(88)69-64-59-54-49-45-41-42-46-50-55-60-65-76(4)5/h76-79,84H,6-75H2,1-5H3,(H,89,90)(H,91,92)/t77-,78+,79+/m0/s1. The molecule has 0 bridgehead atoms. The van der Waals surface area contributed by atoms with Gasteiger partial charge in [-0.05, 0) is 31.6 Å². The van der Waals surface area contributed by atoms with Gasteiger partial charge in [0.25, 0.3) is 0 Å². The summed E-state index contributed by atoms with van der Waals surface area (Å²) >= 11 is 0. The van der Waals surface area contributed by atoms with Crippen molar-refractivity contribution in [2.24, 2.45) is 5.92 Å². The lowest BCUT2D eigenvalue weighted by atomic mass is 10.0. The molecule has 2 unspecified atom stereocenters. The van der Waals surface area contributed by atoms with Gasteiger partial charge in [-0.1, -0.05) is 394 Å². The Balaban J connectivity index is 5.18.